The molecular formula is C17H15FN4O2S. The molecule has 0 spiro atoms. The highest BCUT2D eigenvalue weighted by atomic mass is 32.2. The number of fused-ring (bicyclic) bond motifs is 1. The molecule has 3 rings (SSSR count). The van der Waals surface area contributed by atoms with Gasteiger partial charge < -0.3 is 10.3 Å². The Kier molecular flexibility index (Phi) is 4.99. The quantitative estimate of drug-likeness (QED) is 0.624. The summed E-state index contributed by atoms with van der Waals surface area (Å²) < 4.78 is 13.4. The highest BCUT2D eigenvalue weighted by Gasteiger charge is 2.12. The number of thioether (sulfide) groups is 1. The van der Waals surface area contributed by atoms with Gasteiger partial charge in [0.2, 0.25) is 5.91 Å². The van der Waals surface area contributed by atoms with Crippen molar-refractivity contribution in [3.8, 4) is 0 Å². The molecule has 1 aromatic heterocycles. The van der Waals surface area contributed by atoms with Crippen molar-refractivity contribution < 1.29 is 14.0 Å². The van der Waals surface area contributed by atoms with E-state index in [0.717, 1.165) is 16.6 Å². The monoisotopic (exact) mass is 358 g/mol. The number of nitrogens with one attached hydrogen (secondary N) is 3. The van der Waals surface area contributed by atoms with E-state index < -0.39 is 17.8 Å². The van der Waals surface area contributed by atoms with Crippen molar-refractivity contribution in [1.82, 2.24) is 15.3 Å². The van der Waals surface area contributed by atoms with Crippen LogP contribution in [-0.2, 0) is 4.79 Å². The summed E-state index contributed by atoms with van der Waals surface area (Å²) >= 11 is 1.18. The van der Waals surface area contributed by atoms with E-state index in [9.17, 15) is 14.0 Å². The minimum Gasteiger partial charge on any atom is -0.333 e. The first-order valence-corrected chi connectivity index (χ1v) is 8.44. The third-order valence-electron chi connectivity index (χ3n) is 3.33. The largest absolute Gasteiger partial charge is 0.333 e. The number of rotatable bonds is 4. The fourth-order valence-corrected chi connectivity index (χ4v) is 2.87. The van der Waals surface area contributed by atoms with Crippen LogP contribution in [0.2, 0.25) is 0 Å². The zero-order valence-corrected chi connectivity index (χ0v) is 14.1. The number of urea groups is 1. The normalized spacial score (nSPS) is 10.6. The van der Waals surface area contributed by atoms with Crippen LogP contribution in [-0.4, -0.2) is 27.7 Å². The molecule has 128 valence electrons. The van der Waals surface area contributed by atoms with Crippen molar-refractivity contribution in [2.75, 3.05) is 11.1 Å². The number of amides is 3. The third kappa shape index (κ3) is 4.36. The van der Waals surface area contributed by atoms with E-state index in [4.69, 9.17) is 0 Å². The van der Waals surface area contributed by atoms with Gasteiger partial charge in [-0.25, -0.2) is 14.2 Å². The summed E-state index contributed by atoms with van der Waals surface area (Å²) in [6, 6.07) is 10.8. The van der Waals surface area contributed by atoms with Crippen molar-refractivity contribution in [2.45, 2.75) is 12.1 Å². The van der Waals surface area contributed by atoms with Crippen LogP contribution in [0.3, 0.4) is 0 Å². The highest BCUT2D eigenvalue weighted by Crippen LogP contribution is 2.20. The number of aromatic amines is 1. The summed E-state index contributed by atoms with van der Waals surface area (Å²) in [5.74, 6) is -1.07. The van der Waals surface area contributed by atoms with Crippen molar-refractivity contribution in [1.29, 1.82) is 0 Å². The van der Waals surface area contributed by atoms with Gasteiger partial charge in [-0.15, -0.1) is 0 Å². The maximum absolute atomic E-state index is 13.4. The lowest BCUT2D eigenvalue weighted by Crippen LogP contribution is -2.35. The fraction of sp³-hybridized carbons (Fsp3) is 0.118. The molecule has 25 heavy (non-hydrogen) atoms. The standard InChI is InChI=1S/C17H15FN4O2S/c1-10-6-7-13-14(8-10)21-17(20-13)25-9-15(23)22-16(24)19-12-5-3-2-4-11(12)18/h2-8H,9H2,1H3,(H,20,21)(H2,19,22,23,24). The maximum Gasteiger partial charge on any atom is 0.325 e. The maximum atomic E-state index is 13.4. The molecule has 0 aliphatic rings. The van der Waals surface area contributed by atoms with E-state index >= 15 is 0 Å². The number of para-hydroxylation sites is 1. The van der Waals surface area contributed by atoms with Crippen molar-refractivity contribution >= 4 is 40.4 Å². The molecule has 6 nitrogen and oxygen atoms in total. The summed E-state index contributed by atoms with van der Waals surface area (Å²) in [6.45, 7) is 1.98. The number of benzene rings is 2. The number of carbonyl (C=O) groups excluding carboxylic acids is 2. The molecule has 2 aromatic carbocycles. The SMILES string of the molecule is Cc1ccc2nc(SCC(=O)NC(=O)Nc3ccccc3F)[nH]c2c1. The lowest BCUT2D eigenvalue weighted by molar-refractivity contribution is -0.117. The Balaban J connectivity index is 1.53. The van der Waals surface area contributed by atoms with Gasteiger partial charge in [0.15, 0.2) is 5.16 Å². The Morgan fingerprint density at radius 3 is 2.84 bits per heavy atom. The van der Waals surface area contributed by atoms with Gasteiger partial charge in [0.1, 0.15) is 5.82 Å². The van der Waals surface area contributed by atoms with Crippen molar-refractivity contribution in [3.63, 3.8) is 0 Å². The van der Waals surface area contributed by atoms with E-state index in [1.165, 1.54) is 30.0 Å². The topological polar surface area (TPSA) is 86.9 Å². The van der Waals surface area contributed by atoms with E-state index in [2.05, 4.69) is 20.6 Å². The number of aryl methyl sites for hydroxylation is 1. The number of imide groups is 1. The number of hydrogen-bond donors (Lipinski definition) is 3. The van der Waals surface area contributed by atoms with Gasteiger partial charge in [-0.3, -0.25) is 10.1 Å². The second kappa shape index (κ2) is 7.35. The lowest BCUT2D eigenvalue weighted by Gasteiger charge is -2.06. The van der Waals surface area contributed by atoms with Crippen molar-refractivity contribution in [2.24, 2.45) is 0 Å². The third-order valence-corrected chi connectivity index (χ3v) is 4.20. The molecule has 0 saturated carbocycles. The number of halogens is 1. The van der Waals surface area contributed by atoms with Gasteiger partial charge in [0.05, 0.1) is 22.5 Å². The van der Waals surface area contributed by atoms with Gasteiger partial charge in [0.25, 0.3) is 0 Å². The van der Waals surface area contributed by atoms with Gasteiger partial charge in [-0.05, 0) is 36.8 Å². The number of nitrogens with zero attached hydrogens (tertiary/aromatic N) is 1. The Morgan fingerprint density at radius 1 is 1.24 bits per heavy atom. The van der Waals surface area contributed by atoms with E-state index in [1.807, 2.05) is 25.1 Å². The van der Waals surface area contributed by atoms with Crippen LogP contribution in [0.5, 0.6) is 0 Å². The number of imidazole rings is 1. The molecule has 3 aromatic rings. The average Bonchev–Trinajstić information content (AvgIpc) is 2.97. The van der Waals surface area contributed by atoms with Crippen LogP contribution in [0.1, 0.15) is 5.56 Å². The minimum atomic E-state index is -0.782. The molecule has 0 fully saturated rings. The number of aromatic nitrogens is 2. The summed E-state index contributed by atoms with van der Waals surface area (Å²) in [5, 5.41) is 5.03. The second-order valence-corrected chi connectivity index (χ2v) is 6.30. The molecule has 1 heterocycles. The van der Waals surface area contributed by atoms with Crippen LogP contribution >= 0.6 is 11.8 Å². The van der Waals surface area contributed by atoms with Crippen LogP contribution in [0, 0.1) is 12.7 Å². The number of hydrogen-bond acceptors (Lipinski definition) is 4. The summed E-state index contributed by atoms with van der Waals surface area (Å²) in [6.07, 6.45) is 0. The van der Waals surface area contributed by atoms with Gasteiger partial charge in [-0.2, -0.15) is 0 Å². The summed E-state index contributed by atoms with van der Waals surface area (Å²) in [4.78, 5) is 31.0. The average molecular weight is 358 g/mol. The van der Waals surface area contributed by atoms with Crippen LogP contribution < -0.4 is 10.6 Å². The Labute approximate surface area is 147 Å². The number of H-pyrrole nitrogens is 1. The fourth-order valence-electron chi connectivity index (χ4n) is 2.18. The highest BCUT2D eigenvalue weighted by molar-refractivity contribution is 7.99. The number of anilines is 1. The molecule has 0 unspecified atom stereocenters. The van der Waals surface area contributed by atoms with Crippen molar-refractivity contribution in [3.05, 3.63) is 53.8 Å². The van der Waals surface area contributed by atoms with E-state index in [0.29, 0.717) is 5.16 Å². The Morgan fingerprint density at radius 2 is 2.04 bits per heavy atom. The van der Waals surface area contributed by atoms with E-state index in [-0.39, 0.29) is 11.4 Å². The first-order valence-electron chi connectivity index (χ1n) is 7.46. The summed E-state index contributed by atoms with van der Waals surface area (Å²) in [7, 11) is 0. The van der Waals surface area contributed by atoms with Crippen LogP contribution in [0.25, 0.3) is 11.0 Å². The van der Waals surface area contributed by atoms with Gasteiger partial charge in [0, 0.05) is 0 Å². The zero-order valence-electron chi connectivity index (χ0n) is 13.3. The zero-order chi connectivity index (χ0) is 17.8. The number of carbonyl (C=O) groups is 2. The molecule has 0 atom stereocenters. The predicted molar refractivity (Wildman–Crippen MR) is 95.1 cm³/mol. The smallest absolute Gasteiger partial charge is 0.325 e. The van der Waals surface area contributed by atoms with Gasteiger partial charge >= 0.3 is 6.03 Å². The molecule has 3 N–H and O–H groups in total. The molecule has 0 radical (unpaired) electrons. The first-order chi connectivity index (χ1) is 12.0. The van der Waals surface area contributed by atoms with Crippen LogP contribution in [0.4, 0.5) is 14.9 Å². The van der Waals surface area contributed by atoms with E-state index in [1.54, 1.807) is 6.07 Å². The molecule has 8 heteroatoms. The Bertz CT molecular complexity index is 941. The molecular weight excluding hydrogens is 343 g/mol. The predicted octanol–water partition coefficient (Wildman–Crippen LogP) is 3.45. The second-order valence-electron chi connectivity index (χ2n) is 5.33. The minimum absolute atomic E-state index is 0.00347. The Hall–Kier alpha value is -2.87. The molecule has 0 aliphatic carbocycles. The summed E-state index contributed by atoms with van der Waals surface area (Å²) in [5.41, 5.74) is 2.81. The first kappa shape index (κ1) is 17.0. The molecule has 0 bridgehead atoms. The van der Waals surface area contributed by atoms with Gasteiger partial charge in [-0.1, -0.05) is 30.0 Å². The molecule has 0 saturated heterocycles. The molecule has 3 amide bonds. The lowest BCUT2D eigenvalue weighted by atomic mass is 10.2. The van der Waals surface area contributed by atoms with Crippen LogP contribution in [0.15, 0.2) is 47.6 Å². The molecule has 0 aliphatic heterocycles.